The van der Waals surface area contributed by atoms with E-state index in [1.807, 2.05) is 12.1 Å². The van der Waals surface area contributed by atoms with E-state index in [4.69, 9.17) is 14.0 Å². The van der Waals surface area contributed by atoms with Crippen LogP contribution in [0.25, 0.3) is 0 Å². The SMILES string of the molecule is COc1ccc(C2CCCN2c2nc(C3CC3)no2)c(OC)c1. The molecule has 1 aliphatic heterocycles. The normalized spacial score (nSPS) is 20.8. The van der Waals surface area contributed by atoms with Crippen LogP contribution in [0.2, 0.25) is 0 Å². The molecule has 122 valence electrons. The van der Waals surface area contributed by atoms with Crippen LogP contribution in [0.15, 0.2) is 22.7 Å². The van der Waals surface area contributed by atoms with Gasteiger partial charge in [0, 0.05) is 24.1 Å². The standard InChI is InChI=1S/C17H21N3O3/c1-21-12-7-8-13(15(10-12)22-2)14-4-3-9-20(14)17-18-16(19-23-17)11-5-6-11/h7-8,10-11,14H,3-6,9H2,1-2H3. The molecule has 1 aliphatic carbocycles. The maximum atomic E-state index is 5.56. The van der Waals surface area contributed by atoms with Gasteiger partial charge >= 0.3 is 6.01 Å². The van der Waals surface area contributed by atoms with Gasteiger partial charge in [-0.3, -0.25) is 0 Å². The van der Waals surface area contributed by atoms with Crippen LogP contribution in [-0.4, -0.2) is 30.9 Å². The number of ether oxygens (including phenoxy) is 2. The Hall–Kier alpha value is -2.24. The zero-order valence-electron chi connectivity index (χ0n) is 13.5. The van der Waals surface area contributed by atoms with E-state index < -0.39 is 0 Å². The molecule has 6 nitrogen and oxygen atoms in total. The molecule has 0 amide bonds. The average molecular weight is 315 g/mol. The van der Waals surface area contributed by atoms with Crippen LogP contribution in [-0.2, 0) is 0 Å². The highest BCUT2D eigenvalue weighted by molar-refractivity contribution is 5.47. The van der Waals surface area contributed by atoms with Gasteiger partial charge in [0.25, 0.3) is 0 Å². The molecule has 23 heavy (non-hydrogen) atoms. The lowest BCUT2D eigenvalue weighted by Gasteiger charge is -2.24. The second-order valence-corrected chi connectivity index (χ2v) is 6.17. The van der Waals surface area contributed by atoms with Crippen molar-refractivity contribution in [3.05, 3.63) is 29.6 Å². The van der Waals surface area contributed by atoms with Crippen LogP contribution in [0.1, 0.15) is 49.0 Å². The first-order valence-electron chi connectivity index (χ1n) is 8.12. The Morgan fingerprint density at radius 3 is 2.78 bits per heavy atom. The molecule has 1 unspecified atom stereocenters. The van der Waals surface area contributed by atoms with Crippen LogP contribution < -0.4 is 14.4 Å². The summed E-state index contributed by atoms with van der Waals surface area (Å²) in [5.74, 6) is 2.99. The molecule has 0 N–H and O–H groups in total. The molecule has 4 rings (SSSR count). The Balaban J connectivity index is 1.64. The van der Waals surface area contributed by atoms with Crippen molar-refractivity contribution >= 4 is 6.01 Å². The number of nitrogens with zero attached hydrogens (tertiary/aromatic N) is 3. The maximum Gasteiger partial charge on any atom is 0.324 e. The van der Waals surface area contributed by atoms with E-state index in [0.717, 1.165) is 42.3 Å². The second-order valence-electron chi connectivity index (χ2n) is 6.17. The number of anilines is 1. The lowest BCUT2D eigenvalue weighted by Crippen LogP contribution is -2.23. The van der Waals surface area contributed by atoms with Crippen molar-refractivity contribution in [2.24, 2.45) is 0 Å². The van der Waals surface area contributed by atoms with E-state index in [0.29, 0.717) is 11.9 Å². The fourth-order valence-corrected chi connectivity index (χ4v) is 3.26. The van der Waals surface area contributed by atoms with Crippen LogP contribution in [0, 0.1) is 0 Å². The summed E-state index contributed by atoms with van der Waals surface area (Å²) >= 11 is 0. The summed E-state index contributed by atoms with van der Waals surface area (Å²) in [6, 6.07) is 6.79. The first kappa shape index (κ1) is 14.4. The lowest BCUT2D eigenvalue weighted by molar-refractivity contribution is 0.384. The average Bonchev–Trinajstić information content (AvgIpc) is 3.13. The summed E-state index contributed by atoms with van der Waals surface area (Å²) in [5, 5.41) is 4.14. The predicted molar refractivity (Wildman–Crippen MR) is 85.1 cm³/mol. The van der Waals surface area contributed by atoms with Crippen molar-refractivity contribution in [1.29, 1.82) is 0 Å². The topological polar surface area (TPSA) is 60.6 Å². The molecule has 0 bridgehead atoms. The Morgan fingerprint density at radius 2 is 2.04 bits per heavy atom. The van der Waals surface area contributed by atoms with Crippen molar-refractivity contribution in [2.75, 3.05) is 25.7 Å². The number of hydrogen-bond acceptors (Lipinski definition) is 6. The van der Waals surface area contributed by atoms with Gasteiger partial charge < -0.3 is 18.9 Å². The molecule has 2 fully saturated rings. The predicted octanol–water partition coefficient (Wildman–Crippen LogP) is 3.31. The summed E-state index contributed by atoms with van der Waals surface area (Å²) in [5.41, 5.74) is 1.14. The molecule has 1 aromatic carbocycles. The van der Waals surface area contributed by atoms with Crippen LogP contribution in [0.3, 0.4) is 0 Å². The number of aromatic nitrogens is 2. The lowest BCUT2D eigenvalue weighted by atomic mass is 10.0. The summed E-state index contributed by atoms with van der Waals surface area (Å²) in [6.45, 7) is 0.923. The Labute approximate surface area is 135 Å². The van der Waals surface area contributed by atoms with Crippen molar-refractivity contribution < 1.29 is 14.0 Å². The van der Waals surface area contributed by atoms with Gasteiger partial charge in [0.05, 0.1) is 20.3 Å². The number of rotatable bonds is 5. The number of benzene rings is 1. The molecule has 6 heteroatoms. The molecule has 1 aromatic heterocycles. The van der Waals surface area contributed by atoms with E-state index in [9.17, 15) is 0 Å². The third kappa shape index (κ3) is 2.62. The molecular weight excluding hydrogens is 294 g/mol. The van der Waals surface area contributed by atoms with E-state index in [2.05, 4.69) is 21.1 Å². The van der Waals surface area contributed by atoms with Crippen molar-refractivity contribution in [1.82, 2.24) is 10.1 Å². The Kier molecular flexibility index (Phi) is 3.59. The van der Waals surface area contributed by atoms with E-state index in [-0.39, 0.29) is 6.04 Å². The van der Waals surface area contributed by atoms with Crippen LogP contribution in [0.4, 0.5) is 6.01 Å². The fourth-order valence-electron chi connectivity index (χ4n) is 3.26. The van der Waals surface area contributed by atoms with Crippen molar-refractivity contribution in [3.63, 3.8) is 0 Å². The third-order valence-corrected chi connectivity index (χ3v) is 4.67. The summed E-state index contributed by atoms with van der Waals surface area (Å²) in [6.07, 6.45) is 4.49. The van der Waals surface area contributed by atoms with Crippen molar-refractivity contribution in [3.8, 4) is 11.5 Å². The monoisotopic (exact) mass is 315 g/mol. The zero-order chi connectivity index (χ0) is 15.8. The van der Waals surface area contributed by atoms with Gasteiger partial charge in [-0.1, -0.05) is 5.16 Å². The Bertz CT molecular complexity index is 696. The summed E-state index contributed by atoms with van der Waals surface area (Å²) < 4.78 is 16.4. The van der Waals surface area contributed by atoms with Gasteiger partial charge in [0.15, 0.2) is 5.82 Å². The fraction of sp³-hybridized carbons (Fsp3) is 0.529. The van der Waals surface area contributed by atoms with Crippen molar-refractivity contribution in [2.45, 2.75) is 37.6 Å². The molecule has 2 aromatic rings. The molecule has 0 radical (unpaired) electrons. The van der Waals surface area contributed by atoms with Gasteiger partial charge in [0.2, 0.25) is 0 Å². The first-order chi connectivity index (χ1) is 11.3. The van der Waals surface area contributed by atoms with Gasteiger partial charge in [0.1, 0.15) is 11.5 Å². The molecular formula is C17H21N3O3. The largest absolute Gasteiger partial charge is 0.497 e. The molecule has 0 spiro atoms. The quantitative estimate of drug-likeness (QED) is 0.843. The van der Waals surface area contributed by atoms with Gasteiger partial charge in [-0.25, -0.2) is 0 Å². The molecule has 1 atom stereocenters. The van der Waals surface area contributed by atoms with E-state index >= 15 is 0 Å². The summed E-state index contributed by atoms with van der Waals surface area (Å²) in [4.78, 5) is 6.80. The molecule has 1 saturated heterocycles. The van der Waals surface area contributed by atoms with Gasteiger partial charge in [-0.05, 0) is 37.8 Å². The smallest absolute Gasteiger partial charge is 0.324 e. The molecule has 1 saturated carbocycles. The minimum absolute atomic E-state index is 0.198. The Morgan fingerprint density at radius 1 is 1.17 bits per heavy atom. The summed E-state index contributed by atoms with van der Waals surface area (Å²) in [7, 11) is 3.35. The third-order valence-electron chi connectivity index (χ3n) is 4.67. The van der Waals surface area contributed by atoms with Gasteiger partial charge in [-0.15, -0.1) is 0 Å². The highest BCUT2D eigenvalue weighted by atomic mass is 16.5. The molecule has 2 heterocycles. The van der Waals surface area contributed by atoms with E-state index in [1.165, 1.54) is 12.8 Å². The second kappa shape index (κ2) is 5.76. The van der Waals surface area contributed by atoms with Gasteiger partial charge in [-0.2, -0.15) is 4.98 Å². The minimum Gasteiger partial charge on any atom is -0.497 e. The number of methoxy groups -OCH3 is 2. The first-order valence-corrected chi connectivity index (χ1v) is 8.12. The molecule has 2 aliphatic rings. The number of hydrogen-bond donors (Lipinski definition) is 0. The maximum absolute atomic E-state index is 5.56. The highest BCUT2D eigenvalue weighted by Gasteiger charge is 2.34. The van der Waals surface area contributed by atoms with Crippen LogP contribution in [0.5, 0.6) is 11.5 Å². The minimum atomic E-state index is 0.198. The van der Waals surface area contributed by atoms with E-state index in [1.54, 1.807) is 14.2 Å². The zero-order valence-corrected chi connectivity index (χ0v) is 13.5. The highest BCUT2D eigenvalue weighted by Crippen LogP contribution is 2.42. The van der Waals surface area contributed by atoms with Crippen LogP contribution >= 0.6 is 0 Å².